The Hall–Kier alpha value is -2.29. The molecule has 0 bridgehead atoms. The minimum absolute atomic E-state index is 0.166. The molecule has 0 atom stereocenters. The summed E-state index contributed by atoms with van der Waals surface area (Å²) in [5, 5.41) is 12.4. The van der Waals surface area contributed by atoms with Gasteiger partial charge in [-0.15, -0.1) is 16.8 Å². The van der Waals surface area contributed by atoms with Gasteiger partial charge in [0.05, 0.1) is 23.6 Å². The topological polar surface area (TPSA) is 69.0 Å². The van der Waals surface area contributed by atoms with E-state index in [1.807, 2.05) is 34.9 Å². The number of hydrogen-bond donors (Lipinski definition) is 1. The second-order valence-corrected chi connectivity index (χ2v) is 8.16. The van der Waals surface area contributed by atoms with Crippen LogP contribution in [0.4, 0.5) is 5.69 Å². The van der Waals surface area contributed by atoms with Gasteiger partial charge in [0.25, 0.3) is 0 Å². The first-order chi connectivity index (χ1) is 14.0. The normalized spacial score (nSPS) is 10.6. The molecule has 0 saturated carbocycles. The van der Waals surface area contributed by atoms with E-state index in [0.29, 0.717) is 28.2 Å². The molecule has 3 aromatic rings. The second-order valence-electron chi connectivity index (χ2n) is 5.90. The van der Waals surface area contributed by atoms with Crippen molar-refractivity contribution >= 4 is 50.9 Å². The lowest BCUT2D eigenvalue weighted by atomic mass is 10.2. The Morgan fingerprint density at radius 2 is 2.17 bits per heavy atom. The Morgan fingerprint density at radius 1 is 1.34 bits per heavy atom. The summed E-state index contributed by atoms with van der Waals surface area (Å²) in [6.45, 7) is 4.32. The molecule has 0 aliphatic carbocycles. The Bertz CT molecular complexity index is 1040. The lowest BCUT2D eigenvalue weighted by molar-refractivity contribution is -0.113. The average molecular weight is 494 g/mol. The van der Waals surface area contributed by atoms with Gasteiger partial charge in [0, 0.05) is 16.6 Å². The summed E-state index contributed by atoms with van der Waals surface area (Å²) in [7, 11) is 1.62. The highest BCUT2D eigenvalue weighted by Crippen LogP contribution is 2.28. The number of carbonyl (C=O) groups is 1. The molecule has 150 valence electrons. The van der Waals surface area contributed by atoms with Crippen LogP contribution in [0.3, 0.4) is 0 Å². The molecule has 6 nitrogen and oxygen atoms in total. The number of methoxy groups -OCH3 is 1. The first kappa shape index (κ1) is 21.4. The quantitative estimate of drug-likeness (QED) is 0.341. The smallest absolute Gasteiger partial charge is 0.234 e. The van der Waals surface area contributed by atoms with Crippen molar-refractivity contribution in [1.29, 1.82) is 0 Å². The molecule has 1 aromatic heterocycles. The molecule has 0 aliphatic rings. The van der Waals surface area contributed by atoms with E-state index in [1.165, 1.54) is 11.8 Å². The molecule has 0 radical (unpaired) electrons. The van der Waals surface area contributed by atoms with Gasteiger partial charge in [0.15, 0.2) is 11.0 Å². The Morgan fingerprint density at radius 3 is 2.90 bits per heavy atom. The van der Waals surface area contributed by atoms with E-state index in [1.54, 1.807) is 25.3 Å². The summed E-state index contributed by atoms with van der Waals surface area (Å²) < 4.78 is 8.04. The molecule has 29 heavy (non-hydrogen) atoms. The van der Waals surface area contributed by atoms with Gasteiger partial charge in [-0.1, -0.05) is 57.5 Å². The van der Waals surface area contributed by atoms with E-state index in [4.69, 9.17) is 16.3 Å². The first-order valence-electron chi connectivity index (χ1n) is 8.58. The number of allylic oxidation sites excluding steroid dienone is 1. The summed E-state index contributed by atoms with van der Waals surface area (Å²) in [5.74, 6) is 1.40. The fourth-order valence-corrected chi connectivity index (χ4v) is 4.04. The van der Waals surface area contributed by atoms with Gasteiger partial charge in [-0.25, -0.2) is 0 Å². The predicted molar refractivity (Wildman–Crippen MR) is 121 cm³/mol. The largest absolute Gasteiger partial charge is 0.497 e. The molecule has 1 amide bonds. The minimum atomic E-state index is -0.185. The van der Waals surface area contributed by atoms with Crippen LogP contribution in [0.2, 0.25) is 5.02 Å². The van der Waals surface area contributed by atoms with E-state index in [0.717, 1.165) is 15.8 Å². The Labute approximate surface area is 186 Å². The number of anilines is 1. The number of benzene rings is 2. The van der Waals surface area contributed by atoms with E-state index < -0.39 is 0 Å². The maximum absolute atomic E-state index is 12.4. The molecule has 2 aromatic carbocycles. The van der Waals surface area contributed by atoms with Crippen LogP contribution in [-0.2, 0) is 11.3 Å². The van der Waals surface area contributed by atoms with Crippen LogP contribution in [0, 0.1) is 0 Å². The number of nitrogens with zero attached hydrogens (tertiary/aromatic N) is 3. The van der Waals surface area contributed by atoms with Gasteiger partial charge < -0.3 is 10.1 Å². The third-order valence-corrected chi connectivity index (χ3v) is 5.67. The zero-order valence-corrected chi connectivity index (χ0v) is 18.7. The highest BCUT2D eigenvalue weighted by molar-refractivity contribution is 9.10. The van der Waals surface area contributed by atoms with Crippen LogP contribution in [0.5, 0.6) is 5.75 Å². The van der Waals surface area contributed by atoms with E-state index in [2.05, 4.69) is 38.0 Å². The van der Waals surface area contributed by atoms with Gasteiger partial charge in [-0.3, -0.25) is 9.36 Å². The molecule has 0 saturated heterocycles. The third kappa shape index (κ3) is 5.41. The number of hydrogen-bond acceptors (Lipinski definition) is 5. The minimum Gasteiger partial charge on any atom is -0.497 e. The molecular weight excluding hydrogens is 476 g/mol. The highest BCUT2D eigenvalue weighted by Gasteiger charge is 2.16. The SMILES string of the molecule is C=CCn1c(SCC(=O)Nc2ccc(Br)cc2Cl)nnc1-c1cccc(OC)c1. The molecule has 0 unspecified atom stereocenters. The maximum atomic E-state index is 12.4. The van der Waals surface area contributed by atoms with Crippen molar-refractivity contribution in [3.8, 4) is 17.1 Å². The van der Waals surface area contributed by atoms with Gasteiger partial charge in [0.1, 0.15) is 5.75 Å². The van der Waals surface area contributed by atoms with E-state index in [9.17, 15) is 4.79 Å². The molecule has 0 spiro atoms. The first-order valence-corrected chi connectivity index (χ1v) is 10.7. The number of carbonyl (C=O) groups excluding carboxylic acids is 1. The monoisotopic (exact) mass is 492 g/mol. The number of ether oxygens (including phenoxy) is 1. The fourth-order valence-electron chi connectivity index (χ4n) is 2.57. The summed E-state index contributed by atoms with van der Waals surface area (Å²) >= 11 is 10.8. The average Bonchev–Trinajstić information content (AvgIpc) is 3.11. The van der Waals surface area contributed by atoms with Crippen LogP contribution < -0.4 is 10.1 Å². The van der Waals surface area contributed by atoms with Crippen molar-refractivity contribution in [2.24, 2.45) is 0 Å². The van der Waals surface area contributed by atoms with Crippen molar-refractivity contribution < 1.29 is 9.53 Å². The van der Waals surface area contributed by atoms with Gasteiger partial charge in [0.2, 0.25) is 5.91 Å². The van der Waals surface area contributed by atoms with Crippen LogP contribution in [-0.4, -0.2) is 33.5 Å². The highest BCUT2D eigenvalue weighted by atomic mass is 79.9. The van der Waals surface area contributed by atoms with Crippen LogP contribution in [0.15, 0.2) is 64.7 Å². The number of nitrogens with one attached hydrogen (secondary N) is 1. The summed E-state index contributed by atoms with van der Waals surface area (Å²) in [5.41, 5.74) is 1.43. The van der Waals surface area contributed by atoms with E-state index >= 15 is 0 Å². The van der Waals surface area contributed by atoms with Crippen molar-refractivity contribution in [2.45, 2.75) is 11.7 Å². The number of thioether (sulfide) groups is 1. The molecular formula is C20H18BrClN4O2S. The van der Waals surface area contributed by atoms with Crippen LogP contribution >= 0.6 is 39.3 Å². The third-order valence-electron chi connectivity index (χ3n) is 3.89. The number of rotatable bonds is 8. The summed E-state index contributed by atoms with van der Waals surface area (Å²) in [6.07, 6.45) is 1.76. The zero-order chi connectivity index (χ0) is 20.8. The van der Waals surface area contributed by atoms with Gasteiger partial charge in [-0.05, 0) is 30.3 Å². The Balaban J connectivity index is 1.74. The lowest BCUT2D eigenvalue weighted by Crippen LogP contribution is -2.15. The number of halogens is 2. The lowest BCUT2D eigenvalue weighted by Gasteiger charge is -2.09. The number of amides is 1. The second kappa shape index (κ2) is 9.96. The Kier molecular flexibility index (Phi) is 7.35. The summed E-state index contributed by atoms with van der Waals surface area (Å²) in [4.78, 5) is 12.4. The number of aromatic nitrogens is 3. The molecule has 3 rings (SSSR count). The molecule has 1 N–H and O–H groups in total. The van der Waals surface area contributed by atoms with Crippen molar-refractivity contribution in [2.75, 3.05) is 18.2 Å². The molecule has 9 heteroatoms. The molecule has 1 heterocycles. The summed E-state index contributed by atoms with van der Waals surface area (Å²) in [6, 6.07) is 12.9. The van der Waals surface area contributed by atoms with Gasteiger partial charge >= 0.3 is 0 Å². The predicted octanol–water partition coefficient (Wildman–Crippen LogP) is 5.29. The van der Waals surface area contributed by atoms with Crippen molar-refractivity contribution in [3.05, 3.63) is 64.6 Å². The van der Waals surface area contributed by atoms with E-state index in [-0.39, 0.29) is 11.7 Å². The zero-order valence-electron chi connectivity index (χ0n) is 15.6. The van der Waals surface area contributed by atoms with Gasteiger partial charge in [-0.2, -0.15) is 0 Å². The van der Waals surface area contributed by atoms with Crippen molar-refractivity contribution in [1.82, 2.24) is 14.8 Å². The standard InChI is InChI=1S/C20H18BrClN4O2S/c1-3-9-26-19(13-5-4-6-15(10-13)28-2)24-25-20(26)29-12-18(27)23-17-8-7-14(21)11-16(17)22/h3-8,10-11H,1,9,12H2,2H3,(H,23,27). The van der Waals surface area contributed by atoms with Crippen LogP contribution in [0.25, 0.3) is 11.4 Å². The van der Waals surface area contributed by atoms with Crippen LogP contribution in [0.1, 0.15) is 0 Å². The molecule has 0 aliphatic heterocycles. The maximum Gasteiger partial charge on any atom is 0.234 e. The fraction of sp³-hybridized carbons (Fsp3) is 0.150. The van der Waals surface area contributed by atoms with Crippen molar-refractivity contribution in [3.63, 3.8) is 0 Å². The molecule has 0 fully saturated rings.